The molecule has 1 nitrogen and oxygen atoms in total. The molecule has 4 unspecified atom stereocenters. The van der Waals surface area contributed by atoms with E-state index in [2.05, 4.69) is 22.9 Å². The second-order valence-corrected chi connectivity index (χ2v) is 6.28. The fraction of sp³-hybridized carbons (Fsp3) is 1.00. The fourth-order valence-electron chi connectivity index (χ4n) is 2.36. The number of alkyl halides is 3. The summed E-state index contributed by atoms with van der Waals surface area (Å²) in [5.74, 6) is 1.76. The SMILES string of the molecule is CCC1CCCCC1OC(CCl)C(Br)CCl. The molecular weight excluding hydrogens is 311 g/mol. The smallest absolute Gasteiger partial charge is 0.0850 e. The van der Waals surface area contributed by atoms with Crippen molar-refractivity contribution in [1.29, 1.82) is 0 Å². The maximum atomic E-state index is 6.13. The Morgan fingerprint density at radius 3 is 2.50 bits per heavy atom. The van der Waals surface area contributed by atoms with Crippen molar-refractivity contribution in [2.45, 2.75) is 56.1 Å². The summed E-state index contributed by atoms with van der Waals surface area (Å²) < 4.78 is 6.13. The first-order valence-corrected chi connectivity index (χ1v) is 8.12. The summed E-state index contributed by atoms with van der Waals surface area (Å²) in [5.41, 5.74) is 0. The summed E-state index contributed by atoms with van der Waals surface area (Å²) in [4.78, 5) is 0.158. The lowest BCUT2D eigenvalue weighted by Gasteiger charge is -2.34. The van der Waals surface area contributed by atoms with E-state index in [1.807, 2.05) is 0 Å². The molecule has 0 bridgehead atoms. The average molecular weight is 332 g/mol. The highest BCUT2D eigenvalue weighted by molar-refractivity contribution is 9.09. The zero-order valence-corrected chi connectivity index (χ0v) is 12.9. The molecule has 0 aromatic heterocycles. The molecule has 1 aliphatic carbocycles. The third-order valence-electron chi connectivity index (χ3n) is 3.42. The molecule has 1 fully saturated rings. The van der Waals surface area contributed by atoms with Crippen molar-refractivity contribution in [1.82, 2.24) is 0 Å². The van der Waals surface area contributed by atoms with Gasteiger partial charge in [-0.25, -0.2) is 0 Å². The van der Waals surface area contributed by atoms with E-state index < -0.39 is 0 Å². The summed E-state index contributed by atoms with van der Waals surface area (Å²) in [6.45, 7) is 2.25. The second kappa shape index (κ2) is 8.18. The normalized spacial score (nSPS) is 30.0. The van der Waals surface area contributed by atoms with Crippen LogP contribution in [0.5, 0.6) is 0 Å². The van der Waals surface area contributed by atoms with Crippen molar-refractivity contribution in [2.75, 3.05) is 11.8 Å². The Bertz CT molecular complexity index is 192. The molecule has 0 spiro atoms. The highest BCUT2D eigenvalue weighted by Gasteiger charge is 2.29. The zero-order chi connectivity index (χ0) is 12.0. The van der Waals surface area contributed by atoms with Crippen molar-refractivity contribution in [2.24, 2.45) is 5.92 Å². The summed E-state index contributed by atoms with van der Waals surface area (Å²) in [5, 5.41) is 0. The van der Waals surface area contributed by atoms with E-state index in [-0.39, 0.29) is 10.9 Å². The maximum absolute atomic E-state index is 6.13. The Hall–Kier alpha value is 1.02. The Morgan fingerprint density at radius 1 is 1.25 bits per heavy atom. The van der Waals surface area contributed by atoms with Crippen LogP contribution in [0.25, 0.3) is 0 Å². The molecule has 0 aromatic rings. The van der Waals surface area contributed by atoms with E-state index in [0.29, 0.717) is 23.8 Å². The highest BCUT2D eigenvalue weighted by atomic mass is 79.9. The Kier molecular flexibility index (Phi) is 7.71. The molecule has 16 heavy (non-hydrogen) atoms. The molecule has 0 aromatic carbocycles. The first kappa shape index (κ1) is 15.1. The molecule has 0 amide bonds. The minimum Gasteiger partial charge on any atom is -0.372 e. The molecule has 4 heteroatoms. The van der Waals surface area contributed by atoms with E-state index in [1.165, 1.54) is 32.1 Å². The van der Waals surface area contributed by atoms with Crippen LogP contribution in [0, 0.1) is 5.92 Å². The summed E-state index contributed by atoms with van der Waals surface area (Å²) in [6.07, 6.45) is 6.72. The van der Waals surface area contributed by atoms with E-state index in [0.717, 1.165) is 0 Å². The molecule has 4 atom stereocenters. The molecule has 0 aliphatic heterocycles. The zero-order valence-electron chi connectivity index (χ0n) is 9.80. The van der Waals surface area contributed by atoms with Gasteiger partial charge in [0, 0.05) is 11.8 Å². The average Bonchev–Trinajstić information content (AvgIpc) is 2.35. The maximum Gasteiger partial charge on any atom is 0.0850 e. The van der Waals surface area contributed by atoms with Crippen LogP contribution in [0.15, 0.2) is 0 Å². The standard InChI is InChI=1S/C12H21BrCl2O/c1-2-9-5-3-4-6-11(9)16-12(8-15)10(13)7-14/h9-12H,2-8H2,1H3. The predicted molar refractivity (Wildman–Crippen MR) is 75.1 cm³/mol. The van der Waals surface area contributed by atoms with Gasteiger partial charge in [-0.05, 0) is 18.8 Å². The number of ether oxygens (including phenoxy) is 1. The molecule has 96 valence electrons. The van der Waals surface area contributed by atoms with Crippen molar-refractivity contribution in [3.63, 3.8) is 0 Å². The second-order valence-electron chi connectivity index (χ2n) is 4.49. The molecule has 0 saturated heterocycles. The Morgan fingerprint density at radius 2 is 1.94 bits per heavy atom. The third kappa shape index (κ3) is 4.36. The highest BCUT2D eigenvalue weighted by Crippen LogP contribution is 2.31. The van der Waals surface area contributed by atoms with Crippen molar-refractivity contribution >= 4 is 39.1 Å². The van der Waals surface area contributed by atoms with E-state index in [1.54, 1.807) is 0 Å². The van der Waals surface area contributed by atoms with Crippen LogP contribution in [0.3, 0.4) is 0 Å². The van der Waals surface area contributed by atoms with Gasteiger partial charge in [-0.1, -0.05) is 42.1 Å². The molecule has 0 radical (unpaired) electrons. The summed E-state index contributed by atoms with van der Waals surface area (Å²) in [7, 11) is 0. The minimum absolute atomic E-state index is 0.0383. The first-order chi connectivity index (χ1) is 7.72. The van der Waals surface area contributed by atoms with Gasteiger partial charge in [-0.3, -0.25) is 0 Å². The first-order valence-electron chi connectivity index (χ1n) is 6.14. The largest absolute Gasteiger partial charge is 0.372 e. The van der Waals surface area contributed by atoms with Crippen LogP contribution < -0.4 is 0 Å². The van der Waals surface area contributed by atoms with Crippen LogP contribution >= 0.6 is 39.1 Å². The van der Waals surface area contributed by atoms with Crippen LogP contribution in [-0.4, -0.2) is 28.8 Å². The molecule has 1 aliphatic rings. The van der Waals surface area contributed by atoms with Crippen molar-refractivity contribution < 1.29 is 4.74 Å². The van der Waals surface area contributed by atoms with Gasteiger partial charge in [0.25, 0.3) is 0 Å². The van der Waals surface area contributed by atoms with Crippen molar-refractivity contribution in [3.8, 4) is 0 Å². The minimum atomic E-state index is 0.0383. The third-order valence-corrected chi connectivity index (χ3v) is 5.34. The van der Waals surface area contributed by atoms with E-state index >= 15 is 0 Å². The van der Waals surface area contributed by atoms with Gasteiger partial charge >= 0.3 is 0 Å². The predicted octanol–water partition coefficient (Wildman–Crippen LogP) is 4.58. The van der Waals surface area contributed by atoms with Gasteiger partial charge in [-0.15, -0.1) is 23.2 Å². The van der Waals surface area contributed by atoms with Crippen LogP contribution in [0.1, 0.15) is 39.0 Å². The topological polar surface area (TPSA) is 9.23 Å². The van der Waals surface area contributed by atoms with Gasteiger partial charge in [0.05, 0.1) is 17.0 Å². The Balaban J connectivity index is 2.48. The van der Waals surface area contributed by atoms with Crippen LogP contribution in [0.2, 0.25) is 0 Å². The summed E-state index contributed by atoms with van der Waals surface area (Å²) in [6, 6.07) is 0. The van der Waals surface area contributed by atoms with Gasteiger partial charge in [-0.2, -0.15) is 0 Å². The van der Waals surface area contributed by atoms with Gasteiger partial charge < -0.3 is 4.74 Å². The lowest BCUT2D eigenvalue weighted by Crippen LogP contribution is -2.37. The monoisotopic (exact) mass is 330 g/mol. The van der Waals surface area contributed by atoms with Crippen LogP contribution in [-0.2, 0) is 4.74 Å². The lowest BCUT2D eigenvalue weighted by molar-refractivity contribution is -0.0496. The van der Waals surface area contributed by atoms with E-state index in [9.17, 15) is 0 Å². The molecular formula is C12H21BrCl2O. The summed E-state index contributed by atoms with van der Waals surface area (Å²) >= 11 is 15.3. The number of hydrogen-bond donors (Lipinski definition) is 0. The quantitative estimate of drug-likeness (QED) is 0.647. The molecule has 1 rings (SSSR count). The van der Waals surface area contributed by atoms with E-state index in [4.69, 9.17) is 27.9 Å². The molecule has 0 heterocycles. The van der Waals surface area contributed by atoms with Gasteiger partial charge in [0.1, 0.15) is 0 Å². The van der Waals surface area contributed by atoms with Gasteiger partial charge in [0.15, 0.2) is 0 Å². The number of halogens is 3. The van der Waals surface area contributed by atoms with Crippen molar-refractivity contribution in [3.05, 3.63) is 0 Å². The fourth-order valence-corrected chi connectivity index (χ4v) is 3.38. The Labute approximate surface area is 117 Å². The number of hydrogen-bond acceptors (Lipinski definition) is 1. The van der Waals surface area contributed by atoms with Crippen LogP contribution in [0.4, 0.5) is 0 Å². The molecule has 1 saturated carbocycles. The van der Waals surface area contributed by atoms with Gasteiger partial charge in [0.2, 0.25) is 0 Å². The number of rotatable bonds is 6. The molecule has 0 N–H and O–H groups in total. The lowest BCUT2D eigenvalue weighted by atomic mass is 9.84.